The minimum absolute atomic E-state index is 0.119. The van der Waals surface area contributed by atoms with Crippen LogP contribution in [0.2, 0.25) is 0 Å². The zero-order chi connectivity index (χ0) is 23.9. The first kappa shape index (κ1) is 22.8. The Morgan fingerprint density at radius 1 is 0.970 bits per heavy atom. The van der Waals surface area contributed by atoms with Crippen LogP contribution in [0.1, 0.15) is 22.5 Å². The molecule has 33 heavy (non-hydrogen) atoms. The lowest BCUT2D eigenvalue weighted by Gasteiger charge is -2.21. The summed E-state index contributed by atoms with van der Waals surface area (Å²) in [5.41, 5.74) is 3.16. The van der Waals surface area contributed by atoms with E-state index in [2.05, 4.69) is 4.98 Å². The Morgan fingerprint density at radius 2 is 1.70 bits per heavy atom. The molecule has 0 atom stereocenters. The smallest absolute Gasteiger partial charge is 0.266 e. The van der Waals surface area contributed by atoms with Gasteiger partial charge < -0.3 is 0 Å². The first-order valence-electron chi connectivity index (χ1n) is 10.4. The second-order valence-corrected chi connectivity index (χ2v) is 10.2. The Kier molecular flexibility index (Phi) is 5.90. The predicted molar refractivity (Wildman–Crippen MR) is 127 cm³/mol. The van der Waals surface area contributed by atoms with E-state index in [0.717, 1.165) is 21.5 Å². The average molecular weight is 466 g/mol. The summed E-state index contributed by atoms with van der Waals surface area (Å²) in [4.78, 5) is 18.0. The van der Waals surface area contributed by atoms with Gasteiger partial charge in [-0.05, 0) is 62.2 Å². The average Bonchev–Trinajstić information content (AvgIpc) is 2.76. The molecule has 6 nitrogen and oxygen atoms in total. The standard InChI is InChI=1S/C25H24FN3O3S/c1-16-9-12-22(18(3)13-16)29-24(27-21-8-6-5-7-20(21)25(29)30)15-28(4)33(31,32)23-14-19(26)11-10-17(23)2/h5-14H,15H2,1-4H3. The molecule has 0 unspecified atom stereocenters. The normalized spacial score (nSPS) is 11.9. The molecule has 1 heterocycles. The summed E-state index contributed by atoms with van der Waals surface area (Å²) in [6.45, 7) is 5.29. The Hall–Kier alpha value is -3.36. The number of rotatable bonds is 5. The zero-order valence-corrected chi connectivity index (χ0v) is 19.6. The summed E-state index contributed by atoms with van der Waals surface area (Å²) in [7, 11) is -2.64. The third-order valence-electron chi connectivity index (χ3n) is 5.64. The molecule has 0 aliphatic carbocycles. The van der Waals surface area contributed by atoms with Gasteiger partial charge in [0.05, 0.1) is 28.0 Å². The molecule has 0 spiro atoms. The van der Waals surface area contributed by atoms with Crippen LogP contribution < -0.4 is 5.56 Å². The van der Waals surface area contributed by atoms with E-state index in [-0.39, 0.29) is 22.8 Å². The Morgan fingerprint density at radius 3 is 2.42 bits per heavy atom. The second-order valence-electron chi connectivity index (χ2n) is 8.15. The van der Waals surface area contributed by atoms with Gasteiger partial charge in [-0.15, -0.1) is 0 Å². The SMILES string of the molecule is Cc1ccc(-n2c(CN(C)S(=O)(=O)c3cc(F)ccc3C)nc3ccccc3c2=O)c(C)c1. The molecule has 0 saturated carbocycles. The number of aryl methyl sites for hydroxylation is 3. The summed E-state index contributed by atoms with van der Waals surface area (Å²) in [5.74, 6) is -0.366. The monoisotopic (exact) mass is 465 g/mol. The van der Waals surface area contributed by atoms with Crippen LogP contribution in [0.5, 0.6) is 0 Å². The predicted octanol–water partition coefficient (Wildman–Crippen LogP) is 4.27. The number of hydrogen-bond donors (Lipinski definition) is 0. The lowest BCUT2D eigenvalue weighted by atomic mass is 10.1. The van der Waals surface area contributed by atoms with Crippen LogP contribution >= 0.6 is 0 Å². The van der Waals surface area contributed by atoms with Crippen molar-refractivity contribution < 1.29 is 12.8 Å². The number of aromatic nitrogens is 2. The Bertz CT molecular complexity index is 1540. The molecule has 170 valence electrons. The van der Waals surface area contributed by atoms with Gasteiger partial charge in [-0.3, -0.25) is 9.36 Å². The quantitative estimate of drug-likeness (QED) is 0.441. The molecule has 0 aliphatic rings. The van der Waals surface area contributed by atoms with Gasteiger partial charge in [-0.1, -0.05) is 35.9 Å². The van der Waals surface area contributed by atoms with Crippen molar-refractivity contribution >= 4 is 20.9 Å². The summed E-state index contributed by atoms with van der Waals surface area (Å²) < 4.78 is 42.9. The molecule has 4 aromatic rings. The van der Waals surface area contributed by atoms with Crippen molar-refractivity contribution in [1.29, 1.82) is 0 Å². The minimum Gasteiger partial charge on any atom is -0.268 e. The number of hydrogen-bond acceptors (Lipinski definition) is 4. The van der Waals surface area contributed by atoms with Gasteiger partial charge in [-0.25, -0.2) is 17.8 Å². The number of benzene rings is 3. The molecule has 0 radical (unpaired) electrons. The molecular formula is C25H24FN3O3S. The molecule has 1 aromatic heterocycles. The van der Waals surface area contributed by atoms with Crippen molar-refractivity contribution in [2.75, 3.05) is 7.05 Å². The van der Waals surface area contributed by atoms with Gasteiger partial charge in [0.15, 0.2) is 0 Å². The van der Waals surface area contributed by atoms with Crippen molar-refractivity contribution in [2.24, 2.45) is 0 Å². The van der Waals surface area contributed by atoms with Gasteiger partial charge in [0, 0.05) is 7.05 Å². The van der Waals surface area contributed by atoms with E-state index >= 15 is 0 Å². The fourth-order valence-corrected chi connectivity index (χ4v) is 5.25. The summed E-state index contributed by atoms with van der Waals surface area (Å²) in [6.07, 6.45) is 0. The summed E-state index contributed by atoms with van der Waals surface area (Å²) in [5, 5.41) is 0.438. The number of sulfonamides is 1. The van der Waals surface area contributed by atoms with E-state index in [1.807, 2.05) is 32.0 Å². The van der Waals surface area contributed by atoms with E-state index in [4.69, 9.17) is 0 Å². The van der Waals surface area contributed by atoms with Gasteiger partial charge in [0.1, 0.15) is 11.6 Å². The van der Waals surface area contributed by atoms with Crippen molar-refractivity contribution in [3.63, 3.8) is 0 Å². The molecule has 0 bridgehead atoms. The second kappa shape index (κ2) is 8.53. The number of halogens is 1. The fraction of sp³-hybridized carbons (Fsp3) is 0.200. The van der Waals surface area contributed by atoms with Crippen LogP contribution in [0, 0.1) is 26.6 Å². The maximum absolute atomic E-state index is 13.8. The summed E-state index contributed by atoms with van der Waals surface area (Å²) in [6, 6.07) is 16.3. The lowest BCUT2D eigenvalue weighted by molar-refractivity contribution is 0.451. The van der Waals surface area contributed by atoms with Crippen LogP contribution in [-0.2, 0) is 16.6 Å². The van der Waals surface area contributed by atoms with Crippen LogP contribution in [-0.4, -0.2) is 29.3 Å². The minimum atomic E-state index is -4.03. The Labute approximate surface area is 192 Å². The van der Waals surface area contributed by atoms with Crippen LogP contribution in [0.15, 0.2) is 70.4 Å². The molecule has 0 amide bonds. The lowest BCUT2D eigenvalue weighted by Crippen LogP contribution is -2.32. The Balaban J connectivity index is 1.90. The topological polar surface area (TPSA) is 72.3 Å². The van der Waals surface area contributed by atoms with E-state index in [9.17, 15) is 17.6 Å². The van der Waals surface area contributed by atoms with Crippen LogP contribution in [0.3, 0.4) is 0 Å². The first-order chi connectivity index (χ1) is 15.6. The van der Waals surface area contributed by atoms with Gasteiger partial charge in [0.25, 0.3) is 5.56 Å². The zero-order valence-electron chi connectivity index (χ0n) is 18.8. The number of para-hydroxylation sites is 1. The van der Waals surface area contributed by atoms with Crippen LogP contribution in [0.4, 0.5) is 4.39 Å². The van der Waals surface area contributed by atoms with Crippen molar-refractivity contribution in [3.8, 4) is 5.69 Å². The van der Waals surface area contributed by atoms with Crippen molar-refractivity contribution in [2.45, 2.75) is 32.2 Å². The largest absolute Gasteiger partial charge is 0.268 e. The maximum atomic E-state index is 13.8. The highest BCUT2D eigenvalue weighted by atomic mass is 32.2. The molecule has 0 aliphatic heterocycles. The fourth-order valence-electron chi connectivity index (χ4n) is 3.89. The molecule has 0 N–H and O–H groups in total. The van der Waals surface area contributed by atoms with Gasteiger partial charge in [0.2, 0.25) is 10.0 Å². The number of fused-ring (bicyclic) bond motifs is 1. The van der Waals surface area contributed by atoms with Gasteiger partial charge in [-0.2, -0.15) is 4.31 Å². The number of nitrogens with zero attached hydrogens (tertiary/aromatic N) is 3. The van der Waals surface area contributed by atoms with Crippen LogP contribution in [0.25, 0.3) is 16.6 Å². The molecule has 8 heteroatoms. The molecule has 3 aromatic carbocycles. The molecule has 4 rings (SSSR count). The molecule has 0 fully saturated rings. The first-order valence-corrected chi connectivity index (χ1v) is 11.8. The maximum Gasteiger partial charge on any atom is 0.266 e. The van der Waals surface area contributed by atoms with E-state index in [0.29, 0.717) is 22.2 Å². The summed E-state index contributed by atoms with van der Waals surface area (Å²) >= 11 is 0. The van der Waals surface area contributed by atoms with E-state index < -0.39 is 15.8 Å². The molecule has 0 saturated heterocycles. The highest BCUT2D eigenvalue weighted by molar-refractivity contribution is 7.89. The van der Waals surface area contributed by atoms with Gasteiger partial charge >= 0.3 is 0 Å². The third-order valence-corrected chi connectivity index (χ3v) is 7.59. The highest BCUT2D eigenvalue weighted by Gasteiger charge is 2.26. The highest BCUT2D eigenvalue weighted by Crippen LogP contribution is 2.23. The molecular weight excluding hydrogens is 441 g/mol. The third kappa shape index (κ3) is 4.19. The van der Waals surface area contributed by atoms with Crippen molar-refractivity contribution in [3.05, 3.63) is 99.3 Å². The van der Waals surface area contributed by atoms with Crippen molar-refractivity contribution in [1.82, 2.24) is 13.9 Å². The van der Waals surface area contributed by atoms with E-state index in [1.54, 1.807) is 31.2 Å². The van der Waals surface area contributed by atoms with E-state index in [1.165, 1.54) is 23.7 Å².